The largest absolute Gasteiger partial charge is 0.468 e. The molecule has 1 amide bonds. The van der Waals surface area contributed by atoms with Crippen molar-refractivity contribution in [3.05, 3.63) is 0 Å². The lowest BCUT2D eigenvalue weighted by atomic mass is 9.81. The second kappa shape index (κ2) is 5.84. The van der Waals surface area contributed by atoms with Crippen molar-refractivity contribution in [1.82, 2.24) is 10.6 Å². The number of methoxy groups -OCH3 is 1. The van der Waals surface area contributed by atoms with E-state index in [1.165, 1.54) is 7.11 Å². The predicted octanol–water partition coefficient (Wildman–Crippen LogP) is 0.0554. The van der Waals surface area contributed by atoms with Crippen molar-refractivity contribution in [3.8, 4) is 0 Å². The van der Waals surface area contributed by atoms with Crippen LogP contribution in [-0.2, 0) is 14.3 Å². The third-order valence-corrected chi connectivity index (χ3v) is 3.07. The molecule has 1 aliphatic rings. The number of rotatable bonds is 5. The molecule has 0 bridgehead atoms. The third kappa shape index (κ3) is 2.95. The van der Waals surface area contributed by atoms with E-state index in [2.05, 4.69) is 22.3 Å². The lowest BCUT2D eigenvalue weighted by Crippen LogP contribution is -2.44. The molecule has 0 aromatic rings. The number of esters is 1. The Balaban J connectivity index is 2.51. The molecule has 1 heterocycles. The number of ether oxygens (including phenoxy) is 1. The van der Waals surface area contributed by atoms with E-state index >= 15 is 0 Å². The van der Waals surface area contributed by atoms with Gasteiger partial charge in [-0.25, -0.2) is 0 Å². The fraction of sp³-hybridized carbons (Fsp3) is 0.818. The number of carbonyl (C=O) groups excluding carboxylic acids is 2. The molecule has 92 valence electrons. The van der Waals surface area contributed by atoms with E-state index in [-0.39, 0.29) is 17.9 Å². The van der Waals surface area contributed by atoms with Crippen LogP contribution in [0.15, 0.2) is 0 Å². The number of carbonyl (C=O) groups is 2. The molecule has 0 aromatic carbocycles. The molecule has 1 saturated heterocycles. The first kappa shape index (κ1) is 13.0. The van der Waals surface area contributed by atoms with Crippen molar-refractivity contribution in [3.63, 3.8) is 0 Å². The van der Waals surface area contributed by atoms with E-state index in [4.69, 9.17) is 0 Å². The topological polar surface area (TPSA) is 67.4 Å². The van der Waals surface area contributed by atoms with Gasteiger partial charge >= 0.3 is 5.97 Å². The highest BCUT2D eigenvalue weighted by Gasteiger charge is 2.40. The zero-order chi connectivity index (χ0) is 12.0. The maximum Gasteiger partial charge on any atom is 0.325 e. The van der Waals surface area contributed by atoms with Gasteiger partial charge in [0.05, 0.1) is 12.5 Å². The highest BCUT2D eigenvalue weighted by molar-refractivity contribution is 5.86. The van der Waals surface area contributed by atoms with E-state index in [1.54, 1.807) is 0 Å². The van der Waals surface area contributed by atoms with E-state index in [0.717, 1.165) is 25.8 Å². The molecule has 2 N–H and O–H groups in total. The normalized spacial score (nSPS) is 24.1. The summed E-state index contributed by atoms with van der Waals surface area (Å²) in [6.45, 7) is 3.59. The molecule has 5 heteroatoms. The molecule has 0 radical (unpaired) electrons. The number of hydrogen-bond acceptors (Lipinski definition) is 4. The first-order valence-electron chi connectivity index (χ1n) is 5.70. The van der Waals surface area contributed by atoms with Gasteiger partial charge in [-0.05, 0) is 19.4 Å². The first-order chi connectivity index (χ1) is 7.64. The molecule has 1 rings (SSSR count). The van der Waals surface area contributed by atoms with Gasteiger partial charge in [-0.3, -0.25) is 9.59 Å². The number of hydrogen-bond donors (Lipinski definition) is 2. The van der Waals surface area contributed by atoms with Crippen LogP contribution in [0.5, 0.6) is 0 Å². The van der Waals surface area contributed by atoms with Gasteiger partial charge in [0.2, 0.25) is 5.91 Å². The van der Waals surface area contributed by atoms with Crippen LogP contribution >= 0.6 is 0 Å². The summed E-state index contributed by atoms with van der Waals surface area (Å²) in [5.41, 5.74) is -0.331. The Morgan fingerprint density at radius 1 is 1.50 bits per heavy atom. The highest BCUT2D eigenvalue weighted by atomic mass is 16.5. The minimum Gasteiger partial charge on any atom is -0.468 e. The van der Waals surface area contributed by atoms with Crippen LogP contribution < -0.4 is 10.6 Å². The van der Waals surface area contributed by atoms with Gasteiger partial charge < -0.3 is 15.4 Å². The monoisotopic (exact) mass is 228 g/mol. The van der Waals surface area contributed by atoms with Crippen molar-refractivity contribution in [2.75, 3.05) is 26.7 Å². The summed E-state index contributed by atoms with van der Waals surface area (Å²) in [6.07, 6.45) is 2.66. The predicted molar refractivity (Wildman–Crippen MR) is 59.9 cm³/mol. The molecule has 1 unspecified atom stereocenters. The summed E-state index contributed by atoms with van der Waals surface area (Å²) >= 11 is 0. The molecular formula is C11H20N2O3. The van der Waals surface area contributed by atoms with Crippen molar-refractivity contribution in [1.29, 1.82) is 0 Å². The summed E-state index contributed by atoms with van der Waals surface area (Å²) in [7, 11) is 1.31. The Hall–Kier alpha value is -1.10. The Kier molecular flexibility index (Phi) is 4.73. The summed E-state index contributed by atoms with van der Waals surface area (Å²) in [5, 5.41) is 5.85. The SMILES string of the molecule is CCCC1(C(=O)NCC(=O)OC)CCNC1. The van der Waals surface area contributed by atoms with Gasteiger partial charge in [0.25, 0.3) is 0 Å². The minimum atomic E-state index is -0.411. The lowest BCUT2D eigenvalue weighted by Gasteiger charge is -2.26. The van der Waals surface area contributed by atoms with Crippen molar-refractivity contribution in [2.24, 2.45) is 5.41 Å². The average molecular weight is 228 g/mol. The minimum absolute atomic E-state index is 0.0373. The standard InChI is InChI=1S/C11H20N2O3/c1-3-4-11(5-6-12-8-11)10(15)13-7-9(14)16-2/h12H,3-8H2,1-2H3,(H,13,15). The van der Waals surface area contributed by atoms with Crippen LogP contribution in [0.25, 0.3) is 0 Å². The van der Waals surface area contributed by atoms with Crippen LogP contribution in [0.3, 0.4) is 0 Å². The molecular weight excluding hydrogens is 208 g/mol. The van der Waals surface area contributed by atoms with E-state index in [1.807, 2.05) is 0 Å². The average Bonchev–Trinajstić information content (AvgIpc) is 2.75. The number of amides is 1. The molecule has 16 heavy (non-hydrogen) atoms. The fourth-order valence-electron chi connectivity index (χ4n) is 2.16. The number of nitrogens with one attached hydrogen (secondary N) is 2. The van der Waals surface area contributed by atoms with E-state index in [0.29, 0.717) is 6.54 Å². The maximum absolute atomic E-state index is 12.0. The van der Waals surface area contributed by atoms with Crippen LogP contribution in [-0.4, -0.2) is 38.6 Å². The Morgan fingerprint density at radius 3 is 2.75 bits per heavy atom. The van der Waals surface area contributed by atoms with Gasteiger partial charge in [0, 0.05) is 6.54 Å². The summed E-state index contributed by atoms with van der Waals surface area (Å²) in [6, 6.07) is 0. The van der Waals surface area contributed by atoms with E-state index < -0.39 is 5.97 Å². The second-order valence-corrected chi connectivity index (χ2v) is 4.22. The van der Waals surface area contributed by atoms with Crippen molar-refractivity contribution in [2.45, 2.75) is 26.2 Å². The molecule has 0 spiro atoms. The van der Waals surface area contributed by atoms with Crippen LogP contribution in [0.2, 0.25) is 0 Å². The highest BCUT2D eigenvalue weighted by Crippen LogP contribution is 2.31. The zero-order valence-corrected chi connectivity index (χ0v) is 9.97. The van der Waals surface area contributed by atoms with Crippen LogP contribution in [0.4, 0.5) is 0 Å². The molecule has 1 aliphatic heterocycles. The molecule has 0 aliphatic carbocycles. The van der Waals surface area contributed by atoms with E-state index in [9.17, 15) is 9.59 Å². The fourth-order valence-corrected chi connectivity index (χ4v) is 2.16. The summed E-state index contributed by atoms with van der Waals surface area (Å²) in [4.78, 5) is 23.0. The van der Waals surface area contributed by atoms with Gasteiger partial charge in [-0.1, -0.05) is 13.3 Å². The molecule has 5 nitrogen and oxygen atoms in total. The Labute approximate surface area is 95.9 Å². The lowest BCUT2D eigenvalue weighted by molar-refractivity contribution is -0.142. The molecule has 1 atom stereocenters. The summed E-state index contributed by atoms with van der Waals surface area (Å²) < 4.78 is 4.49. The quantitative estimate of drug-likeness (QED) is 0.653. The molecule has 1 fully saturated rings. The Bertz CT molecular complexity index is 260. The second-order valence-electron chi connectivity index (χ2n) is 4.22. The van der Waals surface area contributed by atoms with Gasteiger partial charge in [-0.2, -0.15) is 0 Å². The van der Waals surface area contributed by atoms with Gasteiger partial charge in [0.1, 0.15) is 6.54 Å². The zero-order valence-electron chi connectivity index (χ0n) is 9.97. The maximum atomic E-state index is 12.0. The smallest absolute Gasteiger partial charge is 0.325 e. The van der Waals surface area contributed by atoms with Crippen molar-refractivity contribution >= 4 is 11.9 Å². The molecule has 0 saturated carbocycles. The first-order valence-corrected chi connectivity index (χ1v) is 5.70. The molecule has 0 aromatic heterocycles. The van der Waals surface area contributed by atoms with Crippen LogP contribution in [0.1, 0.15) is 26.2 Å². The Morgan fingerprint density at radius 2 is 2.25 bits per heavy atom. The van der Waals surface area contributed by atoms with Crippen LogP contribution in [0, 0.1) is 5.41 Å². The summed E-state index contributed by atoms with van der Waals surface area (Å²) in [5.74, 6) is -0.448. The van der Waals surface area contributed by atoms with Crippen molar-refractivity contribution < 1.29 is 14.3 Å². The van der Waals surface area contributed by atoms with Gasteiger partial charge in [0.15, 0.2) is 0 Å². The van der Waals surface area contributed by atoms with Gasteiger partial charge in [-0.15, -0.1) is 0 Å². The third-order valence-electron chi connectivity index (χ3n) is 3.07.